The highest BCUT2D eigenvalue weighted by atomic mass is 16.4. The maximum Gasteiger partial charge on any atom is 0.305 e. The minimum absolute atomic E-state index is 0.0852. The normalized spacial score (nSPS) is 18.9. The number of likely N-dealkylation sites (tertiary alicyclic amines) is 1. The molecule has 2 saturated heterocycles. The van der Waals surface area contributed by atoms with Crippen LogP contribution in [0.3, 0.4) is 0 Å². The van der Waals surface area contributed by atoms with Gasteiger partial charge in [0.25, 0.3) is 0 Å². The Kier molecular flexibility index (Phi) is 6.99. The molecule has 2 aromatic rings. The highest BCUT2D eigenvalue weighted by molar-refractivity contribution is 5.83. The third-order valence-corrected chi connectivity index (χ3v) is 6.58. The third kappa shape index (κ3) is 5.24. The lowest BCUT2D eigenvalue weighted by atomic mass is 9.91. The van der Waals surface area contributed by atoms with E-state index in [1.807, 2.05) is 35.2 Å². The van der Waals surface area contributed by atoms with Gasteiger partial charge in [0, 0.05) is 36.5 Å². The predicted octanol–water partition coefficient (Wildman–Crippen LogP) is 2.11. The zero-order chi connectivity index (χ0) is 22.5. The summed E-state index contributed by atoms with van der Waals surface area (Å²) in [5, 5.41) is 16.5. The molecule has 0 spiro atoms. The molecule has 8 nitrogen and oxygen atoms in total. The van der Waals surface area contributed by atoms with Crippen molar-refractivity contribution in [3.8, 4) is 0 Å². The number of para-hydroxylation sites is 1. The summed E-state index contributed by atoms with van der Waals surface area (Å²) in [6.07, 6.45) is 4.36. The fourth-order valence-corrected chi connectivity index (χ4v) is 4.68. The first-order valence-electron chi connectivity index (χ1n) is 11.4. The molecule has 1 aromatic heterocycles. The first kappa shape index (κ1) is 22.2. The van der Waals surface area contributed by atoms with Gasteiger partial charge in [-0.2, -0.15) is 0 Å². The number of benzene rings is 1. The lowest BCUT2D eigenvalue weighted by molar-refractivity contribution is -0.141. The van der Waals surface area contributed by atoms with Crippen LogP contribution in [0.15, 0.2) is 36.5 Å². The minimum atomic E-state index is -0.981. The number of amides is 2. The first-order valence-corrected chi connectivity index (χ1v) is 11.4. The van der Waals surface area contributed by atoms with Gasteiger partial charge in [-0.15, -0.1) is 0 Å². The molecule has 2 amide bonds. The number of carboxylic acid groups (broad SMARTS) is 1. The van der Waals surface area contributed by atoms with Crippen molar-refractivity contribution < 1.29 is 19.5 Å². The van der Waals surface area contributed by atoms with Crippen LogP contribution in [0.4, 0.5) is 0 Å². The summed E-state index contributed by atoms with van der Waals surface area (Å²) in [5.74, 6) is -1.07. The third-order valence-electron chi connectivity index (χ3n) is 6.58. The van der Waals surface area contributed by atoms with Gasteiger partial charge >= 0.3 is 5.97 Å². The van der Waals surface area contributed by atoms with Gasteiger partial charge in [-0.3, -0.25) is 19.4 Å². The maximum absolute atomic E-state index is 13.0. The molecule has 170 valence electrons. The molecule has 3 heterocycles. The van der Waals surface area contributed by atoms with E-state index in [0.29, 0.717) is 31.5 Å². The number of carbonyl (C=O) groups is 3. The van der Waals surface area contributed by atoms with Gasteiger partial charge in [0.15, 0.2) is 0 Å². The van der Waals surface area contributed by atoms with E-state index >= 15 is 0 Å². The number of piperidine rings is 2. The highest BCUT2D eigenvalue weighted by Gasteiger charge is 2.32. The van der Waals surface area contributed by atoms with Gasteiger partial charge in [-0.25, -0.2) is 0 Å². The minimum Gasteiger partial charge on any atom is -0.481 e. The molecule has 1 atom stereocenters. The number of aliphatic carboxylic acids is 1. The number of pyridine rings is 1. The lowest BCUT2D eigenvalue weighted by Crippen LogP contribution is -2.47. The molecular formula is C24H30N4O4. The van der Waals surface area contributed by atoms with Crippen LogP contribution in [0.5, 0.6) is 0 Å². The van der Waals surface area contributed by atoms with Crippen LogP contribution in [0.2, 0.25) is 0 Å². The van der Waals surface area contributed by atoms with Crippen LogP contribution in [0.25, 0.3) is 10.9 Å². The molecule has 1 unspecified atom stereocenters. The fraction of sp³-hybridized carbons (Fsp3) is 0.500. The average molecular weight is 439 g/mol. The quantitative estimate of drug-likeness (QED) is 0.637. The summed E-state index contributed by atoms with van der Waals surface area (Å²) in [7, 11) is 0. The molecule has 8 heteroatoms. The van der Waals surface area contributed by atoms with Crippen molar-refractivity contribution in [1.82, 2.24) is 20.5 Å². The smallest absolute Gasteiger partial charge is 0.305 e. The van der Waals surface area contributed by atoms with Crippen molar-refractivity contribution in [2.24, 2.45) is 11.8 Å². The number of carboxylic acids is 1. The number of aromatic nitrogens is 1. The van der Waals surface area contributed by atoms with Gasteiger partial charge in [0.2, 0.25) is 11.8 Å². The molecule has 0 bridgehead atoms. The molecule has 2 aliphatic heterocycles. The Bertz CT molecular complexity index is 981. The summed E-state index contributed by atoms with van der Waals surface area (Å²) in [6.45, 7) is 2.90. The number of carbonyl (C=O) groups excluding carboxylic acids is 2. The van der Waals surface area contributed by atoms with Gasteiger partial charge < -0.3 is 20.6 Å². The van der Waals surface area contributed by atoms with E-state index in [4.69, 9.17) is 0 Å². The number of hydrogen-bond donors (Lipinski definition) is 3. The Balaban J connectivity index is 1.38. The Morgan fingerprint density at radius 3 is 2.53 bits per heavy atom. The monoisotopic (exact) mass is 438 g/mol. The summed E-state index contributed by atoms with van der Waals surface area (Å²) in [6, 6.07) is 8.84. The van der Waals surface area contributed by atoms with Gasteiger partial charge in [-0.1, -0.05) is 18.2 Å². The van der Waals surface area contributed by atoms with E-state index in [1.54, 1.807) is 6.20 Å². The van der Waals surface area contributed by atoms with Crippen molar-refractivity contribution in [2.45, 2.75) is 38.1 Å². The van der Waals surface area contributed by atoms with Crippen LogP contribution in [-0.2, 0) is 14.4 Å². The van der Waals surface area contributed by atoms with Crippen LogP contribution in [0, 0.1) is 11.8 Å². The second-order valence-corrected chi connectivity index (χ2v) is 8.74. The van der Waals surface area contributed by atoms with Crippen LogP contribution >= 0.6 is 0 Å². The van der Waals surface area contributed by atoms with Crippen molar-refractivity contribution in [3.63, 3.8) is 0 Å². The van der Waals surface area contributed by atoms with E-state index in [9.17, 15) is 19.5 Å². The molecular weight excluding hydrogens is 408 g/mol. The Morgan fingerprint density at radius 2 is 1.81 bits per heavy atom. The summed E-state index contributed by atoms with van der Waals surface area (Å²) in [4.78, 5) is 43.5. The van der Waals surface area contributed by atoms with Crippen LogP contribution < -0.4 is 10.6 Å². The van der Waals surface area contributed by atoms with Crippen molar-refractivity contribution in [1.29, 1.82) is 0 Å². The van der Waals surface area contributed by atoms with E-state index in [1.165, 1.54) is 0 Å². The lowest BCUT2D eigenvalue weighted by Gasteiger charge is -2.35. The zero-order valence-electron chi connectivity index (χ0n) is 18.1. The number of hydrogen-bond acceptors (Lipinski definition) is 5. The molecule has 2 fully saturated rings. The van der Waals surface area contributed by atoms with E-state index in [0.717, 1.165) is 36.8 Å². The molecule has 0 radical (unpaired) electrons. The molecule has 0 saturated carbocycles. The Morgan fingerprint density at radius 1 is 1.09 bits per heavy atom. The molecule has 2 aliphatic rings. The number of nitrogens with one attached hydrogen (secondary N) is 2. The Labute approximate surface area is 187 Å². The van der Waals surface area contributed by atoms with Crippen LogP contribution in [-0.4, -0.2) is 59.0 Å². The first-order chi connectivity index (χ1) is 15.5. The zero-order valence-corrected chi connectivity index (χ0v) is 18.1. The molecule has 32 heavy (non-hydrogen) atoms. The van der Waals surface area contributed by atoms with E-state index in [-0.39, 0.29) is 30.1 Å². The average Bonchev–Trinajstić information content (AvgIpc) is 2.83. The van der Waals surface area contributed by atoms with Gasteiger partial charge in [0.05, 0.1) is 18.0 Å². The second kappa shape index (κ2) is 10.1. The number of nitrogens with zero attached hydrogens (tertiary/aromatic N) is 2. The van der Waals surface area contributed by atoms with E-state index < -0.39 is 12.0 Å². The molecule has 0 aliphatic carbocycles. The fourth-order valence-electron chi connectivity index (χ4n) is 4.68. The largest absolute Gasteiger partial charge is 0.481 e. The number of rotatable bonds is 6. The summed E-state index contributed by atoms with van der Waals surface area (Å²) >= 11 is 0. The van der Waals surface area contributed by atoms with Crippen molar-refractivity contribution >= 4 is 28.7 Å². The topological polar surface area (TPSA) is 112 Å². The SMILES string of the molecule is O=C(O)CC(NC(=O)C1CCN(C(=O)C2CCNCC2)CC1)c1cnc2ccccc2c1. The number of fused-ring (bicyclic) bond motifs is 1. The van der Waals surface area contributed by atoms with Crippen molar-refractivity contribution in [2.75, 3.05) is 26.2 Å². The second-order valence-electron chi connectivity index (χ2n) is 8.74. The highest BCUT2D eigenvalue weighted by Crippen LogP contribution is 2.25. The Hall–Kier alpha value is -3.00. The summed E-state index contributed by atoms with van der Waals surface area (Å²) in [5.41, 5.74) is 1.50. The standard InChI is InChI=1S/C24H30N4O4/c29-22(30)14-21(19-13-18-3-1-2-4-20(18)26-15-19)27-23(31)16-7-11-28(12-8-16)24(32)17-5-9-25-10-6-17/h1-4,13,15-17,21,25H,5-12,14H2,(H,27,31)(H,29,30). The van der Waals surface area contributed by atoms with Gasteiger partial charge in [-0.05, 0) is 56.5 Å². The van der Waals surface area contributed by atoms with E-state index in [2.05, 4.69) is 15.6 Å². The maximum atomic E-state index is 13.0. The molecule has 4 rings (SSSR count). The molecule has 1 aromatic carbocycles. The van der Waals surface area contributed by atoms with Gasteiger partial charge in [0.1, 0.15) is 0 Å². The molecule has 3 N–H and O–H groups in total. The van der Waals surface area contributed by atoms with Crippen molar-refractivity contribution in [3.05, 3.63) is 42.1 Å². The van der Waals surface area contributed by atoms with Crippen LogP contribution in [0.1, 0.15) is 43.7 Å². The predicted molar refractivity (Wildman–Crippen MR) is 120 cm³/mol. The summed E-state index contributed by atoms with van der Waals surface area (Å²) < 4.78 is 0.